The summed E-state index contributed by atoms with van der Waals surface area (Å²) in [5.41, 5.74) is 1.20. The molecule has 0 radical (unpaired) electrons. The zero-order chi connectivity index (χ0) is 12.7. The SMILES string of the molecule is Cc1cc(C(=O)O)c2c(-c3ccco3)noc2n1. The first kappa shape index (κ1) is 10.5. The summed E-state index contributed by atoms with van der Waals surface area (Å²) in [6.45, 7) is 1.70. The second kappa shape index (κ2) is 3.69. The first-order chi connectivity index (χ1) is 8.66. The minimum Gasteiger partial charge on any atom is -0.478 e. The highest BCUT2D eigenvalue weighted by atomic mass is 16.5. The summed E-state index contributed by atoms with van der Waals surface area (Å²) in [6, 6.07) is 4.86. The van der Waals surface area contributed by atoms with Gasteiger partial charge in [-0.05, 0) is 25.1 Å². The summed E-state index contributed by atoms with van der Waals surface area (Å²) >= 11 is 0. The number of carbonyl (C=O) groups is 1. The summed E-state index contributed by atoms with van der Waals surface area (Å²) < 4.78 is 10.3. The number of carboxylic acid groups (broad SMARTS) is 1. The van der Waals surface area contributed by atoms with Gasteiger partial charge in [-0.3, -0.25) is 0 Å². The topological polar surface area (TPSA) is 89.4 Å². The van der Waals surface area contributed by atoms with Gasteiger partial charge in [-0.2, -0.15) is 0 Å². The third-order valence-corrected chi connectivity index (χ3v) is 2.56. The highest BCUT2D eigenvalue weighted by Gasteiger charge is 2.21. The minimum absolute atomic E-state index is 0.102. The largest absolute Gasteiger partial charge is 0.478 e. The number of hydrogen-bond donors (Lipinski definition) is 1. The average molecular weight is 244 g/mol. The molecule has 3 rings (SSSR count). The summed E-state index contributed by atoms with van der Waals surface area (Å²) in [4.78, 5) is 15.4. The van der Waals surface area contributed by atoms with Gasteiger partial charge in [-0.15, -0.1) is 0 Å². The molecule has 0 atom stereocenters. The lowest BCUT2D eigenvalue weighted by molar-refractivity contribution is 0.0699. The molecule has 0 bridgehead atoms. The van der Waals surface area contributed by atoms with E-state index in [0.717, 1.165) is 0 Å². The Bertz CT molecular complexity index is 728. The molecule has 0 aliphatic heterocycles. The number of furan rings is 1. The lowest BCUT2D eigenvalue weighted by Crippen LogP contribution is -1.99. The molecule has 0 fully saturated rings. The van der Waals surface area contributed by atoms with Gasteiger partial charge in [0.2, 0.25) is 0 Å². The van der Waals surface area contributed by atoms with E-state index < -0.39 is 5.97 Å². The van der Waals surface area contributed by atoms with E-state index in [-0.39, 0.29) is 11.3 Å². The fourth-order valence-electron chi connectivity index (χ4n) is 1.82. The molecule has 0 aliphatic carbocycles. The van der Waals surface area contributed by atoms with E-state index in [4.69, 9.17) is 8.94 Å². The van der Waals surface area contributed by atoms with Gasteiger partial charge in [-0.1, -0.05) is 5.16 Å². The molecular weight excluding hydrogens is 236 g/mol. The van der Waals surface area contributed by atoms with Crippen LogP contribution in [0.2, 0.25) is 0 Å². The molecule has 3 heterocycles. The Balaban J connectivity index is 2.39. The molecule has 3 aromatic heterocycles. The van der Waals surface area contributed by atoms with Crippen LogP contribution in [-0.2, 0) is 0 Å². The third kappa shape index (κ3) is 1.46. The Labute approximate surface area is 101 Å². The van der Waals surface area contributed by atoms with Crippen molar-refractivity contribution in [1.29, 1.82) is 0 Å². The number of aryl methyl sites for hydroxylation is 1. The van der Waals surface area contributed by atoms with Crippen LogP contribution in [0.15, 0.2) is 33.4 Å². The van der Waals surface area contributed by atoms with Crippen molar-refractivity contribution in [3.8, 4) is 11.5 Å². The summed E-state index contributed by atoms with van der Waals surface area (Å²) in [7, 11) is 0. The van der Waals surface area contributed by atoms with Gasteiger partial charge >= 0.3 is 5.97 Å². The van der Waals surface area contributed by atoms with E-state index in [1.54, 1.807) is 19.1 Å². The standard InChI is InChI=1S/C12H8N2O4/c1-6-5-7(12(15)16)9-10(8-3-2-4-17-8)14-18-11(9)13-6/h2-5H,1H3,(H,15,16). The fourth-order valence-corrected chi connectivity index (χ4v) is 1.82. The van der Waals surface area contributed by atoms with E-state index in [1.807, 2.05) is 0 Å². The van der Waals surface area contributed by atoms with Crippen molar-refractivity contribution >= 4 is 17.1 Å². The maximum Gasteiger partial charge on any atom is 0.336 e. The first-order valence-electron chi connectivity index (χ1n) is 5.21. The Morgan fingerprint density at radius 2 is 2.28 bits per heavy atom. The number of nitrogens with zero attached hydrogens (tertiary/aromatic N) is 2. The zero-order valence-corrected chi connectivity index (χ0v) is 9.38. The van der Waals surface area contributed by atoms with Crippen molar-refractivity contribution in [3.05, 3.63) is 35.7 Å². The highest BCUT2D eigenvalue weighted by molar-refractivity contribution is 6.06. The number of pyridine rings is 1. The van der Waals surface area contributed by atoms with Crippen molar-refractivity contribution < 1.29 is 18.8 Å². The second-order valence-corrected chi connectivity index (χ2v) is 3.80. The van der Waals surface area contributed by atoms with Crippen LogP contribution in [0.1, 0.15) is 16.1 Å². The molecule has 0 aromatic carbocycles. The van der Waals surface area contributed by atoms with E-state index in [1.165, 1.54) is 12.3 Å². The highest BCUT2D eigenvalue weighted by Crippen LogP contribution is 2.30. The van der Waals surface area contributed by atoms with Crippen LogP contribution in [-0.4, -0.2) is 21.2 Å². The van der Waals surface area contributed by atoms with Gasteiger partial charge in [0, 0.05) is 5.69 Å². The normalized spacial score (nSPS) is 10.9. The lowest BCUT2D eigenvalue weighted by atomic mass is 10.1. The van der Waals surface area contributed by atoms with Crippen molar-refractivity contribution in [2.75, 3.05) is 0 Å². The molecule has 0 saturated heterocycles. The van der Waals surface area contributed by atoms with Crippen LogP contribution in [0.25, 0.3) is 22.6 Å². The van der Waals surface area contributed by atoms with Crippen LogP contribution in [0.5, 0.6) is 0 Å². The van der Waals surface area contributed by atoms with Gasteiger partial charge in [0.15, 0.2) is 11.5 Å². The average Bonchev–Trinajstić information content (AvgIpc) is 2.94. The Morgan fingerprint density at radius 1 is 1.44 bits per heavy atom. The summed E-state index contributed by atoms with van der Waals surface area (Å²) in [5.74, 6) is -0.608. The Kier molecular flexibility index (Phi) is 2.16. The van der Waals surface area contributed by atoms with Crippen molar-refractivity contribution in [3.63, 3.8) is 0 Å². The molecule has 0 spiro atoms. The molecule has 6 nitrogen and oxygen atoms in total. The number of rotatable bonds is 2. The fraction of sp³-hybridized carbons (Fsp3) is 0.0833. The Morgan fingerprint density at radius 3 is 2.94 bits per heavy atom. The predicted octanol–water partition coefficient (Wildman–Crippen LogP) is 2.49. The zero-order valence-electron chi connectivity index (χ0n) is 9.38. The van der Waals surface area contributed by atoms with E-state index in [9.17, 15) is 9.90 Å². The Hall–Kier alpha value is -2.63. The van der Waals surface area contributed by atoms with Crippen molar-refractivity contribution in [2.45, 2.75) is 6.92 Å². The maximum atomic E-state index is 11.3. The molecule has 0 amide bonds. The van der Waals surface area contributed by atoms with Crippen molar-refractivity contribution in [1.82, 2.24) is 10.1 Å². The predicted molar refractivity (Wildman–Crippen MR) is 61.2 cm³/mol. The number of hydrogen-bond acceptors (Lipinski definition) is 5. The first-order valence-corrected chi connectivity index (χ1v) is 5.21. The second-order valence-electron chi connectivity index (χ2n) is 3.80. The van der Waals surface area contributed by atoms with E-state index in [2.05, 4.69) is 10.1 Å². The monoisotopic (exact) mass is 244 g/mol. The quantitative estimate of drug-likeness (QED) is 0.744. The van der Waals surface area contributed by atoms with Crippen molar-refractivity contribution in [2.24, 2.45) is 0 Å². The van der Waals surface area contributed by atoms with Gasteiger partial charge in [0.25, 0.3) is 5.71 Å². The van der Waals surface area contributed by atoms with Crippen LogP contribution in [0.4, 0.5) is 0 Å². The minimum atomic E-state index is -1.05. The molecule has 0 unspecified atom stereocenters. The van der Waals surface area contributed by atoms with Gasteiger partial charge in [0.05, 0.1) is 17.2 Å². The number of aromatic carboxylic acids is 1. The van der Waals surface area contributed by atoms with Crippen LogP contribution in [0.3, 0.4) is 0 Å². The van der Waals surface area contributed by atoms with Crippen LogP contribution >= 0.6 is 0 Å². The number of carboxylic acids is 1. The maximum absolute atomic E-state index is 11.3. The summed E-state index contributed by atoms with van der Waals surface area (Å²) in [6.07, 6.45) is 1.48. The van der Waals surface area contributed by atoms with Gasteiger partial charge in [0.1, 0.15) is 0 Å². The van der Waals surface area contributed by atoms with Gasteiger partial charge < -0.3 is 14.0 Å². The molecule has 0 aliphatic rings. The molecule has 1 N–H and O–H groups in total. The van der Waals surface area contributed by atoms with Gasteiger partial charge in [-0.25, -0.2) is 9.78 Å². The van der Waals surface area contributed by atoms with E-state index >= 15 is 0 Å². The third-order valence-electron chi connectivity index (χ3n) is 2.56. The molecule has 90 valence electrons. The molecular formula is C12H8N2O4. The molecule has 3 aromatic rings. The van der Waals surface area contributed by atoms with Crippen LogP contribution in [0, 0.1) is 6.92 Å². The summed E-state index contributed by atoms with van der Waals surface area (Å²) in [5, 5.41) is 13.4. The lowest BCUT2D eigenvalue weighted by Gasteiger charge is -1.98. The van der Waals surface area contributed by atoms with E-state index in [0.29, 0.717) is 22.5 Å². The molecule has 6 heteroatoms. The number of aromatic nitrogens is 2. The smallest absolute Gasteiger partial charge is 0.336 e. The number of fused-ring (bicyclic) bond motifs is 1. The molecule has 0 saturated carbocycles. The van der Waals surface area contributed by atoms with Crippen LogP contribution < -0.4 is 0 Å². The molecule has 18 heavy (non-hydrogen) atoms.